The maximum Gasteiger partial charge on any atom is 0.362 e. The Balaban J connectivity index is 0.00000800. The van der Waals surface area contributed by atoms with Gasteiger partial charge in [-0.1, -0.05) is 54.4 Å². The molecule has 0 N–H and O–H groups in total. The third-order valence-electron chi connectivity index (χ3n) is 9.28. The summed E-state index contributed by atoms with van der Waals surface area (Å²) in [4.78, 5) is 25.7. The lowest BCUT2D eigenvalue weighted by atomic mass is 9.75. The van der Waals surface area contributed by atoms with Crippen LogP contribution >= 0.6 is 36.6 Å². The molecule has 9 heteroatoms. The van der Waals surface area contributed by atoms with E-state index < -0.39 is 0 Å². The Morgan fingerprint density at radius 2 is 1.02 bits per heavy atom. The molecule has 244 valence electrons. The van der Waals surface area contributed by atoms with Gasteiger partial charge >= 0.3 is 11.9 Å². The van der Waals surface area contributed by atoms with Crippen molar-refractivity contribution < 1.29 is 28.0 Å². The SMILES string of the molecule is CC1CCC(C(C)C)C(OC(=O)C[N+](C)(C)CCSCC[N+](C)(C)CC(=O)OC2CC(C)CCC2C(C)C)C1.Cl.Cl. The lowest BCUT2D eigenvalue weighted by molar-refractivity contribution is -0.881. The highest BCUT2D eigenvalue weighted by atomic mass is 35.5. The molecule has 0 bridgehead atoms. The second-order valence-corrected chi connectivity index (χ2v) is 16.2. The second kappa shape index (κ2) is 18.6. The van der Waals surface area contributed by atoms with Crippen LogP contribution in [-0.4, -0.2) is 99.0 Å². The molecular formula is C32H64Cl2N2O4S+2. The molecule has 0 aliphatic heterocycles. The van der Waals surface area contributed by atoms with E-state index in [4.69, 9.17) is 9.47 Å². The molecule has 0 aromatic heterocycles. The molecule has 0 heterocycles. The first-order chi connectivity index (χ1) is 18.1. The van der Waals surface area contributed by atoms with Gasteiger partial charge in [0.25, 0.3) is 0 Å². The number of quaternary nitrogens is 2. The fourth-order valence-corrected chi connectivity index (χ4v) is 7.95. The highest BCUT2D eigenvalue weighted by Crippen LogP contribution is 2.36. The Hall–Kier alpha value is -0.210. The minimum absolute atomic E-state index is 0. The van der Waals surface area contributed by atoms with Crippen LogP contribution in [0, 0.1) is 35.5 Å². The van der Waals surface area contributed by atoms with E-state index in [1.807, 2.05) is 11.8 Å². The smallest absolute Gasteiger partial charge is 0.362 e. The zero-order chi connectivity index (χ0) is 29.4. The molecule has 2 saturated carbocycles. The Morgan fingerprint density at radius 3 is 1.34 bits per heavy atom. The molecule has 0 aromatic rings. The normalized spacial score (nSPS) is 27.1. The van der Waals surface area contributed by atoms with Crippen molar-refractivity contribution in [3.8, 4) is 0 Å². The van der Waals surface area contributed by atoms with Crippen molar-refractivity contribution in [2.45, 2.75) is 92.3 Å². The average Bonchev–Trinajstić information content (AvgIpc) is 2.77. The van der Waals surface area contributed by atoms with E-state index in [2.05, 4.69) is 69.7 Å². The standard InChI is InChI=1S/C32H62N2O4S.2ClH/c1-23(2)27-13-11-25(5)19-29(27)37-31(35)21-33(7,8)15-17-39-18-16-34(9,10)22-32(36)38-30-20-26(6)12-14-28(30)24(3)4;;/h23-30H,11-22H2,1-10H3;2*1H/q+2;;. The molecule has 41 heavy (non-hydrogen) atoms. The first kappa shape index (κ1) is 40.8. The number of carbonyl (C=O) groups is 2. The number of likely N-dealkylation sites (N-methyl/N-ethyl adjacent to an activating group) is 2. The average molecular weight is 644 g/mol. The van der Waals surface area contributed by atoms with Gasteiger partial charge in [-0.05, 0) is 61.2 Å². The number of rotatable bonds is 14. The van der Waals surface area contributed by atoms with Crippen molar-refractivity contribution >= 4 is 48.5 Å². The summed E-state index contributed by atoms with van der Waals surface area (Å²) in [7, 11) is 8.49. The van der Waals surface area contributed by atoms with Gasteiger partial charge in [-0.15, -0.1) is 24.8 Å². The Labute approximate surface area is 269 Å². The Morgan fingerprint density at radius 1 is 0.683 bits per heavy atom. The van der Waals surface area contributed by atoms with Crippen LogP contribution in [-0.2, 0) is 19.1 Å². The summed E-state index contributed by atoms with van der Waals surface area (Å²) in [5.41, 5.74) is 0. The van der Waals surface area contributed by atoms with Gasteiger partial charge in [0.1, 0.15) is 12.2 Å². The molecule has 2 rings (SSSR count). The summed E-state index contributed by atoms with van der Waals surface area (Å²) in [5.74, 6) is 5.18. The molecule has 2 fully saturated rings. The second-order valence-electron chi connectivity index (χ2n) is 15.0. The maximum absolute atomic E-state index is 12.9. The van der Waals surface area contributed by atoms with Crippen molar-refractivity contribution in [2.75, 3.05) is 65.9 Å². The van der Waals surface area contributed by atoms with Gasteiger partial charge in [0.15, 0.2) is 13.1 Å². The fourth-order valence-electron chi connectivity index (χ4n) is 6.50. The van der Waals surface area contributed by atoms with Crippen LogP contribution in [0.15, 0.2) is 0 Å². The van der Waals surface area contributed by atoms with E-state index in [0.29, 0.717) is 57.6 Å². The number of esters is 2. The van der Waals surface area contributed by atoms with Crippen molar-refractivity contribution in [3.63, 3.8) is 0 Å². The number of carbonyl (C=O) groups excluding carboxylic acids is 2. The first-order valence-corrected chi connectivity index (χ1v) is 16.8. The zero-order valence-corrected chi connectivity index (χ0v) is 30.3. The molecule has 6 nitrogen and oxygen atoms in total. The molecule has 2 aliphatic carbocycles. The minimum Gasteiger partial charge on any atom is -0.458 e. The van der Waals surface area contributed by atoms with Gasteiger partial charge in [0.05, 0.1) is 41.3 Å². The van der Waals surface area contributed by atoms with Gasteiger partial charge in [0, 0.05) is 11.5 Å². The molecule has 0 amide bonds. The number of hydrogen-bond donors (Lipinski definition) is 0. The number of halogens is 2. The molecular weight excluding hydrogens is 579 g/mol. The molecule has 0 radical (unpaired) electrons. The summed E-state index contributed by atoms with van der Waals surface area (Å²) in [6, 6.07) is 0. The maximum atomic E-state index is 12.9. The van der Waals surface area contributed by atoms with Crippen LogP contribution in [0.3, 0.4) is 0 Å². The minimum atomic E-state index is -0.0573. The van der Waals surface area contributed by atoms with Gasteiger partial charge in [-0.3, -0.25) is 0 Å². The van der Waals surface area contributed by atoms with E-state index in [9.17, 15) is 9.59 Å². The lowest BCUT2D eigenvalue weighted by Gasteiger charge is -2.37. The van der Waals surface area contributed by atoms with E-state index in [-0.39, 0.29) is 49.0 Å². The highest BCUT2D eigenvalue weighted by Gasteiger charge is 2.36. The quantitative estimate of drug-likeness (QED) is 0.120. The lowest BCUT2D eigenvalue weighted by Crippen LogP contribution is -2.48. The van der Waals surface area contributed by atoms with Crippen molar-refractivity contribution in [2.24, 2.45) is 35.5 Å². The van der Waals surface area contributed by atoms with Crippen molar-refractivity contribution in [1.29, 1.82) is 0 Å². The Bertz CT molecular complexity index is 719. The van der Waals surface area contributed by atoms with E-state index in [0.717, 1.165) is 50.3 Å². The van der Waals surface area contributed by atoms with Crippen LogP contribution in [0.25, 0.3) is 0 Å². The van der Waals surface area contributed by atoms with Gasteiger partial charge in [-0.25, -0.2) is 9.59 Å². The number of hydrogen-bond acceptors (Lipinski definition) is 5. The van der Waals surface area contributed by atoms with Crippen LogP contribution in [0.4, 0.5) is 0 Å². The summed E-state index contributed by atoms with van der Waals surface area (Å²) >= 11 is 1.91. The summed E-state index contributed by atoms with van der Waals surface area (Å²) in [6.45, 7) is 16.2. The number of ether oxygens (including phenoxy) is 2. The fraction of sp³-hybridized carbons (Fsp3) is 0.938. The van der Waals surface area contributed by atoms with Gasteiger partial charge < -0.3 is 18.4 Å². The van der Waals surface area contributed by atoms with Crippen molar-refractivity contribution in [1.82, 2.24) is 0 Å². The summed E-state index contributed by atoms with van der Waals surface area (Å²) in [5, 5.41) is 0. The Kier molecular flexibility index (Phi) is 18.5. The van der Waals surface area contributed by atoms with E-state index in [1.165, 1.54) is 12.8 Å². The monoisotopic (exact) mass is 642 g/mol. The van der Waals surface area contributed by atoms with E-state index in [1.54, 1.807) is 0 Å². The first-order valence-electron chi connectivity index (χ1n) is 15.7. The van der Waals surface area contributed by atoms with Crippen LogP contribution in [0.5, 0.6) is 0 Å². The number of thioether (sulfide) groups is 1. The summed E-state index contributed by atoms with van der Waals surface area (Å²) in [6.07, 6.45) is 6.94. The predicted octanol–water partition coefficient (Wildman–Crippen LogP) is 6.72. The molecule has 6 unspecified atom stereocenters. The zero-order valence-electron chi connectivity index (χ0n) is 27.9. The third-order valence-corrected chi connectivity index (χ3v) is 10.2. The van der Waals surface area contributed by atoms with E-state index >= 15 is 0 Å². The van der Waals surface area contributed by atoms with Crippen LogP contribution < -0.4 is 0 Å². The third kappa shape index (κ3) is 14.9. The number of nitrogens with zero attached hydrogens (tertiary/aromatic N) is 2. The van der Waals surface area contributed by atoms with Crippen molar-refractivity contribution in [3.05, 3.63) is 0 Å². The highest BCUT2D eigenvalue weighted by molar-refractivity contribution is 7.99. The molecule has 6 atom stereocenters. The molecule has 2 aliphatic rings. The summed E-state index contributed by atoms with van der Waals surface area (Å²) < 4.78 is 13.4. The molecule has 0 aromatic carbocycles. The van der Waals surface area contributed by atoms with Crippen LogP contribution in [0.1, 0.15) is 80.1 Å². The topological polar surface area (TPSA) is 52.6 Å². The largest absolute Gasteiger partial charge is 0.458 e. The molecule has 0 saturated heterocycles. The molecule has 0 spiro atoms. The van der Waals surface area contributed by atoms with Crippen LogP contribution in [0.2, 0.25) is 0 Å². The van der Waals surface area contributed by atoms with Gasteiger partial charge in [-0.2, -0.15) is 11.8 Å². The van der Waals surface area contributed by atoms with Gasteiger partial charge in [0.2, 0.25) is 0 Å². The predicted molar refractivity (Wildman–Crippen MR) is 178 cm³/mol.